The van der Waals surface area contributed by atoms with E-state index in [1.807, 2.05) is 0 Å². The van der Waals surface area contributed by atoms with E-state index in [2.05, 4.69) is 9.97 Å². The number of nitrogens with zero attached hydrogens (tertiary/aromatic N) is 2. The van der Waals surface area contributed by atoms with Crippen molar-refractivity contribution in [2.24, 2.45) is 0 Å². The highest BCUT2D eigenvalue weighted by molar-refractivity contribution is 5.90. The number of nitrogen functional groups attached to an aromatic ring is 1. The molecule has 0 aliphatic heterocycles. The van der Waals surface area contributed by atoms with Gasteiger partial charge in [-0.3, -0.25) is 0 Å². The molecule has 14 heavy (non-hydrogen) atoms. The zero-order valence-electron chi connectivity index (χ0n) is 7.66. The number of carboxylic acids is 1. The number of hydrogen-bond acceptors (Lipinski definition) is 4. The van der Waals surface area contributed by atoms with E-state index in [0.29, 0.717) is 0 Å². The first kappa shape index (κ1) is 8.93. The van der Waals surface area contributed by atoms with Crippen molar-refractivity contribution >= 4 is 11.8 Å². The molecule has 0 atom stereocenters. The zero-order valence-corrected chi connectivity index (χ0v) is 7.66. The van der Waals surface area contributed by atoms with Crippen LogP contribution in [0.4, 0.5) is 5.82 Å². The number of aromatic carboxylic acids is 1. The molecule has 0 saturated heterocycles. The highest BCUT2D eigenvalue weighted by Gasteiger charge is 2.18. The molecule has 5 heteroatoms. The number of nitrogens with two attached hydrogens (primary N) is 1. The van der Waals surface area contributed by atoms with Gasteiger partial charge < -0.3 is 10.8 Å². The van der Waals surface area contributed by atoms with Crippen molar-refractivity contribution in [3.63, 3.8) is 0 Å². The third kappa shape index (κ3) is 1.41. The lowest BCUT2D eigenvalue weighted by Gasteiger charge is -2.14. The quantitative estimate of drug-likeness (QED) is 0.683. The average molecular weight is 193 g/mol. The van der Waals surface area contributed by atoms with E-state index in [1.165, 1.54) is 0 Å². The van der Waals surface area contributed by atoms with Gasteiger partial charge in [-0.2, -0.15) is 0 Å². The summed E-state index contributed by atoms with van der Waals surface area (Å²) in [5.41, 5.74) is 7.03. The van der Waals surface area contributed by atoms with Crippen LogP contribution in [0.2, 0.25) is 0 Å². The minimum absolute atomic E-state index is 0.0261. The Hall–Kier alpha value is -1.65. The number of hydrogen-bond donors (Lipinski definition) is 2. The van der Waals surface area contributed by atoms with Crippen LogP contribution in [-0.4, -0.2) is 21.0 Å². The number of carbonyl (C=O) groups is 1. The summed E-state index contributed by atoms with van der Waals surface area (Å²) in [4.78, 5) is 18.8. The molecule has 0 bridgehead atoms. The monoisotopic (exact) mass is 193 g/mol. The third-order valence-electron chi connectivity index (χ3n) is 2.36. The Morgan fingerprint density at radius 3 is 2.36 bits per heavy atom. The van der Waals surface area contributed by atoms with E-state index < -0.39 is 5.97 Å². The van der Waals surface area contributed by atoms with Crippen LogP contribution >= 0.6 is 0 Å². The van der Waals surface area contributed by atoms with Crippen LogP contribution < -0.4 is 5.73 Å². The SMILES string of the molecule is Nc1nc2c(nc1C(=O)O)CCCC2. The summed E-state index contributed by atoms with van der Waals surface area (Å²) in [7, 11) is 0. The van der Waals surface area contributed by atoms with Gasteiger partial charge in [0.1, 0.15) is 0 Å². The first-order valence-electron chi connectivity index (χ1n) is 4.57. The van der Waals surface area contributed by atoms with Crippen molar-refractivity contribution in [2.45, 2.75) is 25.7 Å². The molecular formula is C9H11N3O2. The summed E-state index contributed by atoms with van der Waals surface area (Å²) in [5.74, 6) is -1.08. The Balaban J connectivity index is 2.50. The molecule has 3 N–H and O–H groups in total. The van der Waals surface area contributed by atoms with Crippen LogP contribution in [0, 0.1) is 0 Å². The standard InChI is InChI=1S/C9H11N3O2/c10-8-7(9(13)14)11-5-3-1-2-4-6(5)12-8/h1-4H2,(H2,10,12)(H,13,14). The number of anilines is 1. The lowest BCUT2D eigenvalue weighted by molar-refractivity contribution is 0.0691. The van der Waals surface area contributed by atoms with E-state index in [4.69, 9.17) is 10.8 Å². The number of aromatic nitrogens is 2. The van der Waals surface area contributed by atoms with E-state index in [-0.39, 0.29) is 11.5 Å². The van der Waals surface area contributed by atoms with Crippen LogP contribution in [0.3, 0.4) is 0 Å². The lowest BCUT2D eigenvalue weighted by atomic mass is 10.0. The van der Waals surface area contributed by atoms with Crippen LogP contribution in [0.1, 0.15) is 34.7 Å². The zero-order chi connectivity index (χ0) is 10.1. The summed E-state index contributed by atoms with van der Waals surface area (Å²) in [6.45, 7) is 0. The van der Waals surface area contributed by atoms with Crippen LogP contribution in [0.5, 0.6) is 0 Å². The number of aryl methyl sites for hydroxylation is 2. The van der Waals surface area contributed by atoms with Gasteiger partial charge in [-0.15, -0.1) is 0 Å². The van der Waals surface area contributed by atoms with Crippen molar-refractivity contribution < 1.29 is 9.90 Å². The second kappa shape index (κ2) is 3.25. The molecule has 0 spiro atoms. The van der Waals surface area contributed by atoms with Gasteiger partial charge in [0.25, 0.3) is 0 Å². The highest BCUT2D eigenvalue weighted by atomic mass is 16.4. The van der Waals surface area contributed by atoms with Gasteiger partial charge in [-0.25, -0.2) is 14.8 Å². The van der Waals surface area contributed by atoms with Gasteiger partial charge >= 0.3 is 5.97 Å². The van der Waals surface area contributed by atoms with Crippen molar-refractivity contribution in [2.75, 3.05) is 5.73 Å². The van der Waals surface area contributed by atoms with Gasteiger partial charge in [0.2, 0.25) is 0 Å². The third-order valence-corrected chi connectivity index (χ3v) is 2.36. The molecule has 2 rings (SSSR count). The minimum atomic E-state index is -1.11. The van der Waals surface area contributed by atoms with Crippen LogP contribution in [0.15, 0.2) is 0 Å². The predicted octanol–water partition coefficient (Wildman–Crippen LogP) is 0.636. The van der Waals surface area contributed by atoms with E-state index in [9.17, 15) is 4.79 Å². The Morgan fingerprint density at radius 2 is 1.79 bits per heavy atom. The average Bonchev–Trinajstić information content (AvgIpc) is 2.16. The predicted molar refractivity (Wildman–Crippen MR) is 50.0 cm³/mol. The van der Waals surface area contributed by atoms with Crippen LogP contribution in [-0.2, 0) is 12.8 Å². The molecule has 0 amide bonds. The van der Waals surface area contributed by atoms with Gasteiger partial charge in [0.15, 0.2) is 11.5 Å². The Morgan fingerprint density at radius 1 is 1.21 bits per heavy atom. The van der Waals surface area contributed by atoms with Crippen molar-refractivity contribution in [1.29, 1.82) is 0 Å². The largest absolute Gasteiger partial charge is 0.476 e. The first-order chi connectivity index (χ1) is 6.68. The van der Waals surface area contributed by atoms with Gasteiger partial charge in [-0.05, 0) is 25.7 Å². The maximum atomic E-state index is 10.7. The van der Waals surface area contributed by atoms with Crippen molar-refractivity contribution in [3.05, 3.63) is 17.1 Å². The fraction of sp³-hybridized carbons (Fsp3) is 0.444. The van der Waals surface area contributed by atoms with Crippen molar-refractivity contribution in [1.82, 2.24) is 9.97 Å². The number of rotatable bonds is 1. The maximum absolute atomic E-state index is 10.7. The maximum Gasteiger partial charge on any atom is 0.358 e. The fourth-order valence-corrected chi connectivity index (χ4v) is 1.66. The molecule has 1 heterocycles. The molecule has 0 unspecified atom stereocenters. The minimum Gasteiger partial charge on any atom is -0.476 e. The van der Waals surface area contributed by atoms with Crippen molar-refractivity contribution in [3.8, 4) is 0 Å². The summed E-state index contributed by atoms with van der Waals surface area (Å²) in [6.07, 6.45) is 3.79. The molecule has 0 aromatic carbocycles. The van der Waals surface area contributed by atoms with E-state index >= 15 is 0 Å². The summed E-state index contributed by atoms with van der Waals surface area (Å²) in [6, 6.07) is 0. The molecule has 1 aliphatic rings. The molecule has 1 aromatic heterocycles. The smallest absolute Gasteiger partial charge is 0.358 e. The Kier molecular flexibility index (Phi) is 2.07. The van der Waals surface area contributed by atoms with E-state index in [0.717, 1.165) is 37.1 Å². The summed E-state index contributed by atoms with van der Waals surface area (Å²) >= 11 is 0. The molecule has 1 aromatic rings. The highest BCUT2D eigenvalue weighted by Crippen LogP contribution is 2.20. The molecule has 5 nitrogen and oxygen atoms in total. The summed E-state index contributed by atoms with van der Waals surface area (Å²) < 4.78 is 0. The molecule has 0 saturated carbocycles. The molecule has 74 valence electrons. The molecule has 1 aliphatic carbocycles. The molecular weight excluding hydrogens is 182 g/mol. The van der Waals surface area contributed by atoms with Crippen LogP contribution in [0.25, 0.3) is 0 Å². The Bertz CT molecular complexity index is 390. The lowest BCUT2D eigenvalue weighted by Crippen LogP contribution is -2.15. The molecule has 0 fully saturated rings. The number of fused-ring (bicyclic) bond motifs is 1. The second-order valence-electron chi connectivity index (χ2n) is 3.36. The van der Waals surface area contributed by atoms with E-state index in [1.54, 1.807) is 0 Å². The second-order valence-corrected chi connectivity index (χ2v) is 3.36. The number of carboxylic acid groups (broad SMARTS) is 1. The van der Waals surface area contributed by atoms with Gasteiger partial charge in [0.05, 0.1) is 11.4 Å². The fourth-order valence-electron chi connectivity index (χ4n) is 1.66. The summed E-state index contributed by atoms with van der Waals surface area (Å²) in [5, 5.41) is 8.78. The first-order valence-corrected chi connectivity index (χ1v) is 4.57. The molecule has 0 radical (unpaired) electrons. The Labute approximate surface area is 81.0 Å². The topological polar surface area (TPSA) is 89.1 Å². The van der Waals surface area contributed by atoms with Gasteiger partial charge in [-0.1, -0.05) is 0 Å². The van der Waals surface area contributed by atoms with Gasteiger partial charge in [0, 0.05) is 0 Å². The normalized spacial score (nSPS) is 14.9.